The number of Topliss-reactive ketones (excluding diaryl/α,β-unsaturated/α-hetero) is 1. The second-order valence-electron chi connectivity index (χ2n) is 7.94. The van der Waals surface area contributed by atoms with Crippen molar-refractivity contribution in [1.82, 2.24) is 14.5 Å². The van der Waals surface area contributed by atoms with Crippen molar-refractivity contribution in [2.45, 2.75) is 25.7 Å². The lowest BCUT2D eigenvalue weighted by Gasteiger charge is -2.17. The van der Waals surface area contributed by atoms with Gasteiger partial charge in [0, 0.05) is 44.1 Å². The van der Waals surface area contributed by atoms with E-state index in [1.807, 2.05) is 18.2 Å². The van der Waals surface area contributed by atoms with Crippen LogP contribution in [0.25, 0.3) is 10.9 Å². The number of hydrogen-bond acceptors (Lipinski definition) is 7. The van der Waals surface area contributed by atoms with E-state index in [9.17, 15) is 14.4 Å². The highest BCUT2D eigenvalue weighted by Gasteiger charge is 2.25. The number of aromatic nitrogens is 3. The molecule has 0 saturated carbocycles. The smallest absolute Gasteiger partial charge is 0.263 e. The number of amides is 1. The molecule has 1 aromatic carbocycles. The second-order valence-corrected chi connectivity index (χ2v) is 8.35. The van der Waals surface area contributed by atoms with Crippen LogP contribution < -0.4 is 21.1 Å². The van der Waals surface area contributed by atoms with Gasteiger partial charge in [-0.3, -0.25) is 19.3 Å². The van der Waals surface area contributed by atoms with E-state index < -0.39 is 0 Å². The van der Waals surface area contributed by atoms with Gasteiger partial charge in [0.25, 0.3) is 5.56 Å². The Morgan fingerprint density at radius 3 is 2.78 bits per heavy atom. The number of nitrogens with zero attached hydrogens (tertiary/aromatic N) is 4. The van der Waals surface area contributed by atoms with Crippen molar-refractivity contribution in [3.63, 3.8) is 0 Å². The average Bonchev–Trinajstić information content (AvgIpc) is 3.11. The fourth-order valence-electron chi connectivity index (χ4n) is 4.23. The summed E-state index contributed by atoms with van der Waals surface area (Å²) in [6.45, 7) is 1.19. The number of halogens is 1. The summed E-state index contributed by atoms with van der Waals surface area (Å²) in [5.41, 5.74) is 1.84. The molecule has 0 atom stereocenters. The van der Waals surface area contributed by atoms with E-state index in [4.69, 9.17) is 11.6 Å². The Balaban J connectivity index is 1.58. The maximum atomic E-state index is 12.8. The molecule has 9 nitrogen and oxygen atoms in total. The van der Waals surface area contributed by atoms with Crippen molar-refractivity contribution < 1.29 is 9.59 Å². The quantitative estimate of drug-likeness (QED) is 0.627. The molecule has 0 radical (unpaired) electrons. The highest BCUT2D eigenvalue weighted by atomic mass is 35.5. The molecule has 1 amide bonds. The van der Waals surface area contributed by atoms with Crippen LogP contribution in [-0.2, 0) is 11.8 Å². The van der Waals surface area contributed by atoms with Gasteiger partial charge in [0.05, 0.1) is 17.4 Å². The molecular formula is C22H21ClN6O3. The van der Waals surface area contributed by atoms with Gasteiger partial charge in [-0.25, -0.2) is 4.98 Å². The Hall–Kier alpha value is -3.46. The Morgan fingerprint density at radius 2 is 2.00 bits per heavy atom. The van der Waals surface area contributed by atoms with Gasteiger partial charge in [-0.15, -0.1) is 0 Å². The van der Waals surface area contributed by atoms with E-state index in [0.29, 0.717) is 66.0 Å². The Kier molecular flexibility index (Phi) is 5.05. The summed E-state index contributed by atoms with van der Waals surface area (Å²) in [6.07, 6.45) is 3.73. The summed E-state index contributed by atoms with van der Waals surface area (Å²) in [5.74, 6) is 0.521. The third kappa shape index (κ3) is 3.38. The topological polar surface area (TPSA) is 109 Å². The molecule has 2 aliphatic rings. The van der Waals surface area contributed by atoms with Gasteiger partial charge in [-0.05, 0) is 31.0 Å². The van der Waals surface area contributed by atoms with Crippen LogP contribution in [0.3, 0.4) is 0 Å². The first-order valence-electron chi connectivity index (χ1n) is 10.5. The molecule has 5 rings (SSSR count). The molecule has 1 fully saturated rings. The summed E-state index contributed by atoms with van der Waals surface area (Å²) in [6, 6.07) is 5.49. The van der Waals surface area contributed by atoms with E-state index in [2.05, 4.69) is 20.6 Å². The lowest BCUT2D eigenvalue weighted by molar-refractivity contribution is -0.117. The number of nitrogens with one attached hydrogen (secondary N) is 2. The first kappa shape index (κ1) is 20.4. The largest absolute Gasteiger partial charge is 0.384 e. The number of carbonyl (C=O) groups excluding carboxylic acids is 2. The van der Waals surface area contributed by atoms with Gasteiger partial charge < -0.3 is 15.2 Å². The molecule has 2 N–H and O–H groups in total. The van der Waals surface area contributed by atoms with Crippen LogP contribution in [0.4, 0.5) is 23.1 Å². The molecule has 2 aliphatic heterocycles. The van der Waals surface area contributed by atoms with Gasteiger partial charge in [-0.1, -0.05) is 11.6 Å². The average molecular weight is 453 g/mol. The summed E-state index contributed by atoms with van der Waals surface area (Å²) in [4.78, 5) is 47.7. The van der Waals surface area contributed by atoms with Gasteiger partial charge in [0.1, 0.15) is 10.6 Å². The minimum Gasteiger partial charge on any atom is -0.384 e. The highest BCUT2D eigenvalue weighted by molar-refractivity contribution is 6.33. The standard InChI is InChI=1S/C22H21ClN6O3/c1-28-15-7-6-12(10-13(15)19-18(21(28)32)16(30)4-2-8-24-19)26-20-14(23)11-25-22(27-20)29-9-3-5-17(29)31/h6-7,10-11,24H,2-5,8-9H2,1H3,(H,25,26,27). The summed E-state index contributed by atoms with van der Waals surface area (Å²) >= 11 is 6.32. The Bertz CT molecular complexity index is 1340. The SMILES string of the molecule is Cn1c(=O)c2c(c3cc(Nc4nc(N5CCCC5=O)ncc4Cl)ccc31)NCCCC2=O. The number of anilines is 4. The zero-order chi connectivity index (χ0) is 22.4. The molecular weight excluding hydrogens is 432 g/mol. The van der Waals surface area contributed by atoms with Crippen molar-refractivity contribution in [3.05, 3.63) is 45.3 Å². The van der Waals surface area contributed by atoms with Crippen molar-refractivity contribution in [2.75, 3.05) is 28.6 Å². The molecule has 2 aromatic heterocycles. The predicted octanol–water partition coefficient (Wildman–Crippen LogP) is 3.24. The van der Waals surface area contributed by atoms with Crippen LogP contribution in [0.5, 0.6) is 0 Å². The zero-order valence-corrected chi connectivity index (χ0v) is 18.2. The molecule has 1 saturated heterocycles. The van der Waals surface area contributed by atoms with Crippen molar-refractivity contribution in [2.24, 2.45) is 7.05 Å². The van der Waals surface area contributed by atoms with Crippen LogP contribution in [0.2, 0.25) is 5.02 Å². The molecule has 0 spiro atoms. The van der Waals surface area contributed by atoms with Crippen molar-refractivity contribution in [1.29, 1.82) is 0 Å². The van der Waals surface area contributed by atoms with Crippen LogP contribution in [0.1, 0.15) is 36.0 Å². The number of fused-ring (bicyclic) bond motifs is 3. The van der Waals surface area contributed by atoms with Crippen molar-refractivity contribution in [3.8, 4) is 0 Å². The molecule has 0 aliphatic carbocycles. The minimum absolute atomic E-state index is 0.0108. The van der Waals surface area contributed by atoms with E-state index >= 15 is 0 Å². The van der Waals surface area contributed by atoms with Gasteiger partial charge in [0.2, 0.25) is 11.9 Å². The lowest BCUT2D eigenvalue weighted by atomic mass is 10.0. The number of hydrogen-bond donors (Lipinski definition) is 2. The second kappa shape index (κ2) is 7.90. The first-order chi connectivity index (χ1) is 15.4. The third-order valence-electron chi connectivity index (χ3n) is 5.87. The van der Waals surface area contributed by atoms with E-state index in [0.717, 1.165) is 11.8 Å². The summed E-state index contributed by atoms with van der Waals surface area (Å²) < 4.78 is 1.50. The zero-order valence-electron chi connectivity index (χ0n) is 17.4. The minimum atomic E-state index is -0.300. The van der Waals surface area contributed by atoms with Crippen LogP contribution in [0.15, 0.2) is 29.2 Å². The molecule has 10 heteroatoms. The molecule has 3 aromatic rings. The number of rotatable bonds is 3. The van der Waals surface area contributed by atoms with Crippen LogP contribution in [0, 0.1) is 0 Å². The Labute approximate surface area is 188 Å². The molecule has 164 valence electrons. The molecule has 32 heavy (non-hydrogen) atoms. The Morgan fingerprint density at radius 1 is 1.16 bits per heavy atom. The highest BCUT2D eigenvalue weighted by Crippen LogP contribution is 2.32. The predicted molar refractivity (Wildman–Crippen MR) is 123 cm³/mol. The number of benzene rings is 1. The number of carbonyl (C=O) groups is 2. The normalized spacial score (nSPS) is 16.1. The fraction of sp³-hybridized carbons (Fsp3) is 0.318. The maximum absolute atomic E-state index is 12.8. The number of aryl methyl sites for hydroxylation is 1. The van der Waals surface area contributed by atoms with E-state index in [1.165, 1.54) is 10.8 Å². The van der Waals surface area contributed by atoms with Crippen LogP contribution >= 0.6 is 11.6 Å². The van der Waals surface area contributed by atoms with Gasteiger partial charge >= 0.3 is 0 Å². The van der Waals surface area contributed by atoms with Gasteiger partial charge in [-0.2, -0.15) is 4.98 Å². The lowest BCUT2D eigenvalue weighted by Crippen LogP contribution is -2.26. The summed E-state index contributed by atoms with van der Waals surface area (Å²) in [7, 11) is 1.66. The van der Waals surface area contributed by atoms with Gasteiger partial charge in [0.15, 0.2) is 11.6 Å². The first-order valence-corrected chi connectivity index (χ1v) is 10.9. The summed E-state index contributed by atoms with van der Waals surface area (Å²) in [5, 5.41) is 7.52. The fourth-order valence-corrected chi connectivity index (χ4v) is 4.36. The van der Waals surface area contributed by atoms with Crippen LogP contribution in [-0.4, -0.2) is 39.3 Å². The third-order valence-corrected chi connectivity index (χ3v) is 6.14. The van der Waals surface area contributed by atoms with E-state index in [1.54, 1.807) is 11.9 Å². The van der Waals surface area contributed by atoms with E-state index in [-0.39, 0.29) is 22.8 Å². The number of pyridine rings is 1. The maximum Gasteiger partial charge on any atom is 0.263 e. The molecule has 0 bridgehead atoms. The molecule has 0 unspecified atom stereocenters. The number of ketones is 1. The molecule has 4 heterocycles. The van der Waals surface area contributed by atoms with Crippen molar-refractivity contribution >= 4 is 57.3 Å². The monoisotopic (exact) mass is 452 g/mol.